The topological polar surface area (TPSA) is 30.9 Å². The standard InChI is InChI=1S/C20H20N2/c1-2-14-8-6-12-17-19(14)20-16(21)11-7-13-18(20)22(17)15-9-4-3-5-10-15/h3-7,9-14H,2,8,21H2,1H3. The molecule has 4 rings (SSSR count). The second-order valence-electron chi connectivity index (χ2n) is 5.95. The maximum atomic E-state index is 6.35. The summed E-state index contributed by atoms with van der Waals surface area (Å²) in [5, 5.41) is 1.23. The largest absolute Gasteiger partial charge is 0.398 e. The van der Waals surface area contributed by atoms with E-state index in [0.29, 0.717) is 5.92 Å². The van der Waals surface area contributed by atoms with Crippen molar-refractivity contribution in [2.24, 2.45) is 0 Å². The quantitative estimate of drug-likeness (QED) is 0.652. The highest BCUT2D eigenvalue weighted by atomic mass is 15.0. The Morgan fingerprint density at radius 2 is 1.91 bits per heavy atom. The molecule has 1 aliphatic rings. The lowest BCUT2D eigenvalue weighted by Crippen LogP contribution is -2.04. The van der Waals surface area contributed by atoms with Crippen LogP contribution in [0.25, 0.3) is 22.7 Å². The van der Waals surface area contributed by atoms with Crippen LogP contribution < -0.4 is 5.73 Å². The zero-order valence-electron chi connectivity index (χ0n) is 12.8. The molecule has 3 aromatic rings. The third-order valence-electron chi connectivity index (χ3n) is 4.71. The molecule has 2 nitrogen and oxygen atoms in total. The number of allylic oxidation sites excluding steroid dienone is 1. The number of nitrogens with zero attached hydrogens (tertiary/aromatic N) is 1. The fourth-order valence-corrected chi connectivity index (χ4v) is 3.68. The Bertz CT molecular complexity index is 856. The molecule has 1 aromatic heterocycles. The van der Waals surface area contributed by atoms with Gasteiger partial charge in [-0.3, -0.25) is 0 Å². The van der Waals surface area contributed by atoms with Crippen LogP contribution in [0.3, 0.4) is 0 Å². The average molecular weight is 288 g/mol. The van der Waals surface area contributed by atoms with Gasteiger partial charge in [0.05, 0.1) is 11.2 Å². The van der Waals surface area contributed by atoms with E-state index in [1.165, 1.54) is 27.8 Å². The van der Waals surface area contributed by atoms with Gasteiger partial charge in [0.15, 0.2) is 0 Å². The van der Waals surface area contributed by atoms with Crippen LogP contribution in [0.5, 0.6) is 0 Å². The minimum Gasteiger partial charge on any atom is -0.398 e. The SMILES string of the molecule is CCC1CC=Cc2c1c1c(N)cccc1n2-c1ccccc1. The number of rotatable bonds is 2. The van der Waals surface area contributed by atoms with Crippen molar-refractivity contribution in [3.8, 4) is 5.69 Å². The molecule has 1 aliphatic carbocycles. The van der Waals surface area contributed by atoms with Gasteiger partial charge in [-0.2, -0.15) is 0 Å². The summed E-state index contributed by atoms with van der Waals surface area (Å²) in [6.45, 7) is 2.26. The Labute approximate surface area is 130 Å². The monoisotopic (exact) mass is 288 g/mol. The molecule has 0 fully saturated rings. The third-order valence-corrected chi connectivity index (χ3v) is 4.71. The second kappa shape index (κ2) is 5.06. The summed E-state index contributed by atoms with van der Waals surface area (Å²) >= 11 is 0. The number of anilines is 1. The number of aromatic nitrogens is 1. The summed E-state index contributed by atoms with van der Waals surface area (Å²) in [6.07, 6.45) is 6.80. The van der Waals surface area contributed by atoms with Crippen molar-refractivity contribution in [3.63, 3.8) is 0 Å². The zero-order chi connectivity index (χ0) is 15.1. The van der Waals surface area contributed by atoms with Gasteiger partial charge in [0.2, 0.25) is 0 Å². The fourth-order valence-electron chi connectivity index (χ4n) is 3.68. The number of benzene rings is 2. The lowest BCUT2D eigenvalue weighted by molar-refractivity contribution is 0.671. The van der Waals surface area contributed by atoms with E-state index < -0.39 is 0 Å². The zero-order valence-corrected chi connectivity index (χ0v) is 12.8. The lowest BCUT2D eigenvalue weighted by Gasteiger charge is -2.19. The predicted molar refractivity (Wildman–Crippen MR) is 94.4 cm³/mol. The molecule has 2 aromatic carbocycles. The summed E-state index contributed by atoms with van der Waals surface area (Å²) in [5.74, 6) is 0.553. The molecule has 1 atom stereocenters. The maximum Gasteiger partial charge on any atom is 0.0558 e. The Morgan fingerprint density at radius 1 is 1.09 bits per heavy atom. The van der Waals surface area contributed by atoms with Crippen molar-refractivity contribution in [3.05, 3.63) is 65.9 Å². The first kappa shape index (κ1) is 13.2. The molecule has 0 saturated heterocycles. The molecule has 110 valence electrons. The van der Waals surface area contributed by atoms with Crippen LogP contribution in [-0.4, -0.2) is 4.57 Å². The fraction of sp³-hybridized carbons (Fsp3) is 0.200. The van der Waals surface area contributed by atoms with Gasteiger partial charge in [-0.15, -0.1) is 0 Å². The highest BCUT2D eigenvalue weighted by Gasteiger charge is 2.25. The normalized spacial score (nSPS) is 16.9. The summed E-state index contributed by atoms with van der Waals surface area (Å²) in [6, 6.07) is 16.8. The van der Waals surface area contributed by atoms with Gasteiger partial charge < -0.3 is 10.3 Å². The van der Waals surface area contributed by atoms with Crippen molar-refractivity contribution in [2.45, 2.75) is 25.7 Å². The van der Waals surface area contributed by atoms with E-state index in [0.717, 1.165) is 18.5 Å². The minimum atomic E-state index is 0.553. The number of nitrogens with two attached hydrogens (primary N) is 1. The maximum absolute atomic E-state index is 6.35. The van der Waals surface area contributed by atoms with E-state index >= 15 is 0 Å². The Hall–Kier alpha value is -2.48. The van der Waals surface area contributed by atoms with Gasteiger partial charge in [-0.25, -0.2) is 0 Å². The smallest absolute Gasteiger partial charge is 0.0558 e. The van der Waals surface area contributed by atoms with Crippen LogP contribution in [0.2, 0.25) is 0 Å². The number of para-hydroxylation sites is 1. The van der Waals surface area contributed by atoms with E-state index in [4.69, 9.17) is 5.73 Å². The molecule has 0 amide bonds. The number of hydrogen-bond acceptors (Lipinski definition) is 1. The van der Waals surface area contributed by atoms with Gasteiger partial charge in [0.25, 0.3) is 0 Å². The van der Waals surface area contributed by atoms with Crippen LogP contribution in [0, 0.1) is 0 Å². The summed E-state index contributed by atoms with van der Waals surface area (Å²) in [5.41, 5.74) is 12.3. The van der Waals surface area contributed by atoms with Crippen molar-refractivity contribution in [2.75, 3.05) is 5.73 Å². The number of nitrogen functional groups attached to an aromatic ring is 1. The van der Waals surface area contributed by atoms with E-state index in [9.17, 15) is 0 Å². The summed E-state index contributed by atoms with van der Waals surface area (Å²) in [4.78, 5) is 0. The summed E-state index contributed by atoms with van der Waals surface area (Å²) in [7, 11) is 0. The van der Waals surface area contributed by atoms with Gasteiger partial charge in [-0.1, -0.05) is 37.3 Å². The first-order chi connectivity index (χ1) is 10.8. The minimum absolute atomic E-state index is 0.553. The molecule has 0 bridgehead atoms. The molecule has 0 saturated carbocycles. The van der Waals surface area contributed by atoms with Crippen molar-refractivity contribution in [1.29, 1.82) is 0 Å². The Balaban J connectivity index is 2.15. The van der Waals surface area contributed by atoms with Gasteiger partial charge in [-0.05, 0) is 54.7 Å². The predicted octanol–water partition coefficient (Wildman–Crippen LogP) is 5.12. The van der Waals surface area contributed by atoms with E-state index in [-0.39, 0.29) is 0 Å². The van der Waals surface area contributed by atoms with Gasteiger partial charge in [0, 0.05) is 16.8 Å². The molecule has 1 heterocycles. The molecular weight excluding hydrogens is 268 g/mol. The Kier molecular flexibility index (Phi) is 3.04. The van der Waals surface area contributed by atoms with Crippen molar-refractivity contribution >= 4 is 22.7 Å². The first-order valence-corrected chi connectivity index (χ1v) is 7.96. The molecule has 0 spiro atoms. The molecule has 1 unspecified atom stereocenters. The highest BCUT2D eigenvalue weighted by molar-refractivity contribution is 5.99. The lowest BCUT2D eigenvalue weighted by atomic mass is 9.87. The number of hydrogen-bond donors (Lipinski definition) is 1. The van der Waals surface area contributed by atoms with Crippen LogP contribution in [0.15, 0.2) is 54.6 Å². The Morgan fingerprint density at radius 3 is 2.68 bits per heavy atom. The average Bonchev–Trinajstić information content (AvgIpc) is 2.91. The van der Waals surface area contributed by atoms with Crippen molar-refractivity contribution in [1.82, 2.24) is 4.57 Å². The van der Waals surface area contributed by atoms with E-state index in [1.54, 1.807) is 0 Å². The molecule has 22 heavy (non-hydrogen) atoms. The van der Waals surface area contributed by atoms with Crippen LogP contribution in [-0.2, 0) is 0 Å². The van der Waals surface area contributed by atoms with E-state index in [1.807, 2.05) is 12.1 Å². The molecule has 0 radical (unpaired) electrons. The number of fused-ring (bicyclic) bond motifs is 3. The highest BCUT2D eigenvalue weighted by Crippen LogP contribution is 2.42. The molecule has 2 N–H and O–H groups in total. The van der Waals surface area contributed by atoms with Crippen LogP contribution >= 0.6 is 0 Å². The van der Waals surface area contributed by atoms with Crippen LogP contribution in [0.1, 0.15) is 36.9 Å². The second-order valence-corrected chi connectivity index (χ2v) is 5.95. The molecular formula is C20H20N2. The third kappa shape index (κ3) is 1.80. The van der Waals surface area contributed by atoms with Gasteiger partial charge >= 0.3 is 0 Å². The molecule has 0 aliphatic heterocycles. The molecule has 2 heteroatoms. The van der Waals surface area contributed by atoms with Crippen LogP contribution in [0.4, 0.5) is 5.69 Å². The first-order valence-electron chi connectivity index (χ1n) is 7.96. The van der Waals surface area contributed by atoms with Crippen molar-refractivity contribution < 1.29 is 0 Å². The van der Waals surface area contributed by atoms with Gasteiger partial charge in [0.1, 0.15) is 0 Å². The summed E-state index contributed by atoms with van der Waals surface area (Å²) < 4.78 is 2.35. The van der Waals surface area contributed by atoms with E-state index in [2.05, 4.69) is 60.0 Å².